The van der Waals surface area contributed by atoms with Crippen LogP contribution in [0.2, 0.25) is 0 Å². The van der Waals surface area contributed by atoms with Crippen LogP contribution in [0.1, 0.15) is 71.4 Å². The average Bonchev–Trinajstić information content (AvgIpc) is 3.28. The molecule has 0 bridgehead atoms. The lowest BCUT2D eigenvalue weighted by molar-refractivity contribution is -0.137. The second kappa shape index (κ2) is 9.88. The maximum atomic E-state index is 12.8. The van der Waals surface area contributed by atoms with E-state index in [1.165, 1.54) is 17.2 Å². The van der Waals surface area contributed by atoms with Crippen LogP contribution >= 0.6 is 0 Å². The number of hydrogen-bond donors (Lipinski definition) is 1. The molecule has 7 heteroatoms. The molecule has 2 aromatic carbocycles. The number of aromatic nitrogens is 2. The highest BCUT2D eigenvalue weighted by Gasteiger charge is 2.30. The number of benzene rings is 2. The number of rotatable bonds is 5. The molecule has 37 heavy (non-hydrogen) atoms. The standard InChI is InChI=1S/C30H28F3N3O/c1-19(22-6-4-5-20(15-22)16-24-12-11-23(17-35-24)30(31,32)33)21-9-13-25(14-10-21)36-18-27(29(34)37)26-7-2-3-8-28(26)36/h2-8,11-12,15,17-18,25H,9-10,13-14,16H2,1H3,(H2,34,37). The third kappa shape index (κ3) is 5.17. The summed E-state index contributed by atoms with van der Waals surface area (Å²) in [5, 5.41) is 0.895. The molecule has 0 aliphatic heterocycles. The number of fused-ring (bicyclic) bond motifs is 1. The minimum absolute atomic E-state index is 0.298. The molecule has 0 spiro atoms. The molecule has 0 unspecified atom stereocenters. The minimum atomic E-state index is -4.38. The summed E-state index contributed by atoms with van der Waals surface area (Å²) in [4.78, 5) is 16.0. The third-order valence-electron chi connectivity index (χ3n) is 7.39. The van der Waals surface area contributed by atoms with Gasteiger partial charge in [-0.05, 0) is 67.5 Å². The van der Waals surface area contributed by atoms with Crippen molar-refractivity contribution in [1.29, 1.82) is 0 Å². The van der Waals surface area contributed by atoms with Gasteiger partial charge in [-0.1, -0.05) is 48.0 Å². The van der Waals surface area contributed by atoms with E-state index in [1.807, 2.05) is 42.6 Å². The Labute approximate surface area is 213 Å². The van der Waals surface area contributed by atoms with Gasteiger partial charge < -0.3 is 10.3 Å². The molecular formula is C30H28F3N3O. The zero-order chi connectivity index (χ0) is 26.2. The van der Waals surface area contributed by atoms with Crippen molar-refractivity contribution in [2.45, 2.75) is 51.2 Å². The first kappa shape index (κ1) is 24.8. The molecular weight excluding hydrogens is 475 g/mol. The van der Waals surface area contributed by atoms with Crippen LogP contribution in [0, 0.1) is 0 Å². The summed E-state index contributed by atoms with van der Waals surface area (Å²) in [5.74, 6) is -0.409. The smallest absolute Gasteiger partial charge is 0.366 e. The predicted octanol–water partition coefficient (Wildman–Crippen LogP) is 7.33. The highest BCUT2D eigenvalue weighted by Crippen LogP contribution is 2.38. The van der Waals surface area contributed by atoms with E-state index >= 15 is 0 Å². The Balaban J connectivity index is 1.31. The van der Waals surface area contributed by atoms with E-state index < -0.39 is 17.6 Å². The Morgan fingerprint density at radius 3 is 2.49 bits per heavy atom. The molecule has 2 aromatic heterocycles. The fourth-order valence-electron chi connectivity index (χ4n) is 5.33. The van der Waals surface area contributed by atoms with Crippen molar-refractivity contribution in [2.75, 3.05) is 0 Å². The molecule has 190 valence electrons. The SMILES string of the molecule is CC(=C1CCC(n2cc(C(N)=O)c3ccccc32)CC1)c1cccc(Cc2ccc(C(F)(F)F)cn2)c1. The van der Waals surface area contributed by atoms with Gasteiger partial charge in [0.15, 0.2) is 0 Å². The quantitative estimate of drug-likeness (QED) is 0.310. The van der Waals surface area contributed by atoms with E-state index in [0.717, 1.165) is 60.0 Å². The van der Waals surface area contributed by atoms with E-state index in [1.54, 1.807) is 0 Å². The Bertz CT molecular complexity index is 1470. The molecule has 2 N–H and O–H groups in total. The van der Waals surface area contributed by atoms with E-state index in [0.29, 0.717) is 23.7 Å². The number of nitrogens with zero attached hydrogens (tertiary/aromatic N) is 2. The molecule has 2 heterocycles. The zero-order valence-corrected chi connectivity index (χ0v) is 20.6. The number of halogens is 3. The van der Waals surface area contributed by atoms with Crippen molar-refractivity contribution in [3.63, 3.8) is 0 Å². The van der Waals surface area contributed by atoms with Crippen LogP contribution in [-0.2, 0) is 12.6 Å². The number of amides is 1. The number of carbonyl (C=O) groups is 1. The molecule has 4 nitrogen and oxygen atoms in total. The van der Waals surface area contributed by atoms with Gasteiger partial charge >= 0.3 is 6.18 Å². The highest BCUT2D eigenvalue weighted by molar-refractivity contribution is 6.06. The van der Waals surface area contributed by atoms with Crippen LogP contribution in [0.5, 0.6) is 0 Å². The summed E-state index contributed by atoms with van der Waals surface area (Å²) in [6.07, 6.45) is 2.74. The molecule has 1 amide bonds. The number of nitrogens with two attached hydrogens (primary N) is 1. The van der Waals surface area contributed by atoms with Gasteiger partial charge in [0.05, 0.1) is 11.1 Å². The van der Waals surface area contributed by atoms with Crippen molar-refractivity contribution in [2.24, 2.45) is 5.73 Å². The first-order chi connectivity index (χ1) is 17.7. The fourth-order valence-corrected chi connectivity index (χ4v) is 5.33. The van der Waals surface area contributed by atoms with Crippen LogP contribution in [-0.4, -0.2) is 15.5 Å². The van der Waals surface area contributed by atoms with Crippen LogP contribution in [0.4, 0.5) is 13.2 Å². The average molecular weight is 504 g/mol. The molecule has 1 saturated carbocycles. The molecule has 5 rings (SSSR count). The zero-order valence-electron chi connectivity index (χ0n) is 20.6. The molecule has 1 aliphatic rings. The van der Waals surface area contributed by atoms with Crippen molar-refractivity contribution >= 4 is 22.4 Å². The van der Waals surface area contributed by atoms with Crippen molar-refractivity contribution < 1.29 is 18.0 Å². The molecule has 0 atom stereocenters. The second-order valence-electron chi connectivity index (χ2n) is 9.70. The lowest BCUT2D eigenvalue weighted by Gasteiger charge is -2.27. The lowest BCUT2D eigenvalue weighted by Crippen LogP contribution is -2.14. The Kier molecular flexibility index (Phi) is 6.63. The van der Waals surface area contributed by atoms with Crippen LogP contribution < -0.4 is 5.73 Å². The summed E-state index contributed by atoms with van der Waals surface area (Å²) in [5.41, 5.74) is 11.9. The van der Waals surface area contributed by atoms with E-state index in [2.05, 4.69) is 28.6 Å². The van der Waals surface area contributed by atoms with E-state index in [9.17, 15) is 18.0 Å². The molecule has 0 radical (unpaired) electrons. The first-order valence-electron chi connectivity index (χ1n) is 12.4. The van der Waals surface area contributed by atoms with Gasteiger partial charge in [-0.2, -0.15) is 13.2 Å². The number of primary amides is 1. The largest absolute Gasteiger partial charge is 0.417 e. The molecule has 1 fully saturated rings. The number of hydrogen-bond acceptors (Lipinski definition) is 2. The molecule has 0 saturated heterocycles. The summed E-state index contributed by atoms with van der Waals surface area (Å²) < 4.78 is 40.7. The number of carbonyl (C=O) groups excluding carboxylic acids is 1. The number of pyridine rings is 1. The number of allylic oxidation sites excluding steroid dienone is 2. The third-order valence-corrected chi connectivity index (χ3v) is 7.39. The highest BCUT2D eigenvalue weighted by atomic mass is 19.4. The minimum Gasteiger partial charge on any atom is -0.366 e. The number of para-hydroxylation sites is 1. The van der Waals surface area contributed by atoms with Gasteiger partial charge in [0.1, 0.15) is 0 Å². The molecule has 4 aromatic rings. The van der Waals surface area contributed by atoms with Crippen molar-refractivity contribution in [1.82, 2.24) is 9.55 Å². The first-order valence-corrected chi connectivity index (χ1v) is 12.4. The Morgan fingerprint density at radius 2 is 1.81 bits per heavy atom. The van der Waals surface area contributed by atoms with Gasteiger partial charge in [-0.3, -0.25) is 9.78 Å². The van der Waals surface area contributed by atoms with Gasteiger partial charge in [-0.25, -0.2) is 0 Å². The van der Waals surface area contributed by atoms with Crippen LogP contribution in [0.3, 0.4) is 0 Å². The maximum absolute atomic E-state index is 12.8. The van der Waals surface area contributed by atoms with Gasteiger partial charge in [0.2, 0.25) is 0 Å². The Morgan fingerprint density at radius 1 is 1.05 bits per heavy atom. The van der Waals surface area contributed by atoms with Crippen LogP contribution in [0.15, 0.2) is 78.6 Å². The second-order valence-corrected chi connectivity index (χ2v) is 9.70. The summed E-state index contributed by atoms with van der Waals surface area (Å²) in [6.45, 7) is 2.14. The van der Waals surface area contributed by atoms with Gasteiger partial charge in [-0.15, -0.1) is 0 Å². The van der Waals surface area contributed by atoms with Crippen molar-refractivity contribution in [3.8, 4) is 0 Å². The fraction of sp³-hybridized carbons (Fsp3) is 0.267. The predicted molar refractivity (Wildman–Crippen MR) is 139 cm³/mol. The van der Waals surface area contributed by atoms with Gasteiger partial charge in [0, 0.05) is 41.5 Å². The van der Waals surface area contributed by atoms with Gasteiger partial charge in [0.25, 0.3) is 5.91 Å². The number of alkyl halides is 3. The topological polar surface area (TPSA) is 60.9 Å². The summed E-state index contributed by atoms with van der Waals surface area (Å²) in [6, 6.07) is 18.9. The summed E-state index contributed by atoms with van der Waals surface area (Å²) in [7, 11) is 0. The maximum Gasteiger partial charge on any atom is 0.417 e. The van der Waals surface area contributed by atoms with E-state index in [4.69, 9.17) is 5.73 Å². The molecule has 1 aliphatic carbocycles. The summed E-state index contributed by atoms with van der Waals surface area (Å²) >= 11 is 0. The normalized spacial score (nSPS) is 16.2. The van der Waals surface area contributed by atoms with E-state index in [-0.39, 0.29) is 0 Å². The Hall–Kier alpha value is -3.87. The van der Waals surface area contributed by atoms with Crippen LogP contribution in [0.25, 0.3) is 16.5 Å². The van der Waals surface area contributed by atoms with Crippen molar-refractivity contribution in [3.05, 3.63) is 107 Å². The monoisotopic (exact) mass is 503 g/mol. The lowest BCUT2D eigenvalue weighted by atomic mass is 9.85.